The molecule has 1 fully saturated rings. The predicted octanol–water partition coefficient (Wildman–Crippen LogP) is -0.115. The maximum Gasteiger partial charge on any atom is 0.0827 e. The van der Waals surface area contributed by atoms with Crippen molar-refractivity contribution < 1.29 is 0 Å². The Bertz CT molecular complexity index is 218. The molecule has 0 atom stereocenters. The zero-order valence-corrected chi connectivity index (χ0v) is 7.72. The third-order valence-corrected chi connectivity index (χ3v) is 1.62. The van der Waals surface area contributed by atoms with Crippen LogP contribution in [0.3, 0.4) is 0 Å². The lowest BCUT2D eigenvalue weighted by atomic mass is 10.4. The fourth-order valence-corrected chi connectivity index (χ4v) is 0.793. The first-order chi connectivity index (χ1) is 5.70. The fraction of sp³-hybridized carbons (Fsp3) is 0.556. The van der Waals surface area contributed by atoms with Crippen molar-refractivity contribution in [3.63, 3.8) is 0 Å². The highest BCUT2D eigenvalue weighted by molar-refractivity contribution is 5.25. The number of nitrogens with zero attached hydrogens (tertiary/aromatic N) is 2. The van der Waals surface area contributed by atoms with E-state index in [0.717, 1.165) is 25.6 Å². The first kappa shape index (κ1) is 9.11. The van der Waals surface area contributed by atoms with Crippen molar-refractivity contribution in [1.29, 1.82) is 0 Å². The Morgan fingerprint density at radius 3 is 2.67 bits per heavy atom. The first-order valence-electron chi connectivity index (χ1n) is 3.98. The summed E-state index contributed by atoms with van der Waals surface area (Å²) in [4.78, 5) is 4.14. The summed E-state index contributed by atoms with van der Waals surface area (Å²) in [6, 6.07) is 0. The van der Waals surface area contributed by atoms with Gasteiger partial charge in [0.2, 0.25) is 0 Å². The molecule has 0 aromatic heterocycles. The summed E-state index contributed by atoms with van der Waals surface area (Å²) in [6.07, 6.45) is 0. The Hall–Kier alpha value is -0.980. The summed E-state index contributed by atoms with van der Waals surface area (Å²) < 4.78 is 0. The van der Waals surface area contributed by atoms with Gasteiger partial charge >= 0.3 is 0 Å². The normalized spacial score (nSPS) is 15.1. The molecule has 3 heteroatoms. The summed E-state index contributed by atoms with van der Waals surface area (Å²) in [5.74, 6) is 6.06. The summed E-state index contributed by atoms with van der Waals surface area (Å²) in [7, 11) is 4.01. The van der Waals surface area contributed by atoms with Crippen molar-refractivity contribution in [1.82, 2.24) is 15.1 Å². The summed E-state index contributed by atoms with van der Waals surface area (Å²) in [6.45, 7) is 6.43. The minimum absolute atomic E-state index is 0.792. The molecule has 0 bridgehead atoms. The maximum atomic E-state index is 3.87. The van der Waals surface area contributed by atoms with Gasteiger partial charge in [0.05, 0.1) is 25.6 Å². The lowest BCUT2D eigenvalue weighted by Gasteiger charge is -2.33. The summed E-state index contributed by atoms with van der Waals surface area (Å²) in [5, 5.41) is 3.13. The van der Waals surface area contributed by atoms with E-state index in [-0.39, 0.29) is 0 Å². The first-order valence-corrected chi connectivity index (χ1v) is 3.98. The molecule has 66 valence electrons. The van der Waals surface area contributed by atoms with E-state index in [1.54, 1.807) is 0 Å². The number of allylic oxidation sites excluding steroid dienone is 1. The molecule has 0 aromatic carbocycles. The number of rotatable bonds is 2. The van der Waals surface area contributed by atoms with Crippen molar-refractivity contribution >= 4 is 0 Å². The molecule has 1 aliphatic rings. The van der Waals surface area contributed by atoms with Crippen molar-refractivity contribution in [3.05, 3.63) is 12.3 Å². The van der Waals surface area contributed by atoms with Gasteiger partial charge in [0.15, 0.2) is 0 Å². The largest absolute Gasteiger partial charge is 0.340 e. The topological polar surface area (TPSA) is 18.5 Å². The van der Waals surface area contributed by atoms with E-state index in [4.69, 9.17) is 0 Å². The third-order valence-electron chi connectivity index (χ3n) is 1.62. The minimum Gasteiger partial charge on any atom is -0.340 e. The molecule has 0 aromatic rings. The van der Waals surface area contributed by atoms with E-state index in [1.165, 1.54) is 0 Å². The van der Waals surface area contributed by atoms with Crippen LogP contribution < -0.4 is 5.32 Å². The van der Waals surface area contributed by atoms with Crippen LogP contribution in [0, 0.1) is 11.8 Å². The molecule has 3 nitrogen and oxygen atoms in total. The molecule has 1 heterocycles. The van der Waals surface area contributed by atoms with Crippen molar-refractivity contribution in [3.8, 4) is 11.8 Å². The minimum atomic E-state index is 0.792. The van der Waals surface area contributed by atoms with Crippen molar-refractivity contribution in [2.45, 2.75) is 0 Å². The SMILES string of the molecule is C=C(C#CCN(C)C)N1CNC1. The zero-order chi connectivity index (χ0) is 8.97. The summed E-state index contributed by atoms with van der Waals surface area (Å²) in [5.41, 5.74) is 0.913. The van der Waals surface area contributed by atoms with Gasteiger partial charge in [0, 0.05) is 0 Å². The highest BCUT2D eigenvalue weighted by atomic mass is 15.4. The molecule has 1 N–H and O–H groups in total. The van der Waals surface area contributed by atoms with E-state index >= 15 is 0 Å². The zero-order valence-electron chi connectivity index (χ0n) is 7.72. The second-order valence-electron chi connectivity index (χ2n) is 3.09. The molecule has 0 saturated carbocycles. The van der Waals surface area contributed by atoms with E-state index in [2.05, 4.69) is 28.6 Å². The second kappa shape index (κ2) is 4.15. The van der Waals surface area contributed by atoms with Gasteiger partial charge in [-0.1, -0.05) is 12.5 Å². The highest BCUT2D eigenvalue weighted by Gasteiger charge is 2.11. The van der Waals surface area contributed by atoms with Gasteiger partial charge in [0.1, 0.15) is 0 Å². The van der Waals surface area contributed by atoms with Crippen LogP contribution in [0.15, 0.2) is 12.3 Å². The molecule has 0 radical (unpaired) electrons. The van der Waals surface area contributed by atoms with Crippen LogP contribution in [0.5, 0.6) is 0 Å². The smallest absolute Gasteiger partial charge is 0.0827 e. The van der Waals surface area contributed by atoms with Gasteiger partial charge in [-0.25, -0.2) is 0 Å². The molecule has 0 amide bonds. The molecule has 1 aliphatic heterocycles. The molecular formula is C9H15N3. The molecule has 12 heavy (non-hydrogen) atoms. The van der Waals surface area contributed by atoms with E-state index < -0.39 is 0 Å². The molecular weight excluding hydrogens is 150 g/mol. The van der Waals surface area contributed by atoms with Gasteiger partial charge in [0.25, 0.3) is 0 Å². The Kier molecular flexibility index (Phi) is 3.15. The van der Waals surface area contributed by atoms with Crippen LogP contribution in [-0.2, 0) is 0 Å². The Morgan fingerprint density at radius 1 is 1.58 bits per heavy atom. The third kappa shape index (κ3) is 2.57. The number of hydrogen-bond donors (Lipinski definition) is 1. The second-order valence-corrected chi connectivity index (χ2v) is 3.09. The van der Waals surface area contributed by atoms with Crippen LogP contribution in [0.4, 0.5) is 0 Å². The summed E-state index contributed by atoms with van der Waals surface area (Å²) >= 11 is 0. The van der Waals surface area contributed by atoms with Gasteiger partial charge in [-0.05, 0) is 20.0 Å². The van der Waals surface area contributed by atoms with Crippen LogP contribution in [0.1, 0.15) is 0 Å². The fourth-order valence-electron chi connectivity index (χ4n) is 0.793. The van der Waals surface area contributed by atoms with Gasteiger partial charge in [-0.15, -0.1) is 0 Å². The average Bonchev–Trinajstić information content (AvgIpc) is 1.81. The highest BCUT2D eigenvalue weighted by Crippen LogP contribution is 2.02. The van der Waals surface area contributed by atoms with Crippen molar-refractivity contribution in [2.24, 2.45) is 0 Å². The van der Waals surface area contributed by atoms with Crippen LogP contribution in [-0.4, -0.2) is 43.8 Å². The maximum absolute atomic E-state index is 3.87. The van der Waals surface area contributed by atoms with Crippen molar-refractivity contribution in [2.75, 3.05) is 34.0 Å². The van der Waals surface area contributed by atoms with Gasteiger partial charge in [-0.2, -0.15) is 0 Å². The van der Waals surface area contributed by atoms with Crippen LogP contribution >= 0.6 is 0 Å². The van der Waals surface area contributed by atoms with Gasteiger partial charge in [-0.3, -0.25) is 10.2 Å². The van der Waals surface area contributed by atoms with Gasteiger partial charge < -0.3 is 4.90 Å². The molecule has 1 rings (SSSR count). The molecule has 0 aliphatic carbocycles. The number of hydrogen-bond acceptors (Lipinski definition) is 3. The molecule has 1 saturated heterocycles. The lowest BCUT2D eigenvalue weighted by molar-refractivity contribution is 0.198. The Morgan fingerprint density at radius 2 is 2.25 bits per heavy atom. The monoisotopic (exact) mass is 165 g/mol. The lowest BCUT2D eigenvalue weighted by Crippen LogP contribution is -2.50. The van der Waals surface area contributed by atoms with E-state index in [1.807, 2.05) is 19.0 Å². The molecule has 0 spiro atoms. The van der Waals surface area contributed by atoms with E-state index in [0.29, 0.717) is 0 Å². The predicted molar refractivity (Wildman–Crippen MR) is 50.2 cm³/mol. The quantitative estimate of drug-likeness (QED) is 0.576. The number of nitrogens with one attached hydrogen (secondary N) is 1. The average molecular weight is 165 g/mol. The van der Waals surface area contributed by atoms with Crippen LogP contribution in [0.2, 0.25) is 0 Å². The van der Waals surface area contributed by atoms with E-state index in [9.17, 15) is 0 Å². The standard InChI is InChI=1S/C9H15N3/c1-9(12-7-10-8-12)5-4-6-11(2)3/h10H,1,6-8H2,2-3H3. The van der Waals surface area contributed by atoms with Crippen LogP contribution in [0.25, 0.3) is 0 Å². The Labute approximate surface area is 74.0 Å². The molecule has 0 unspecified atom stereocenters. The Balaban J connectivity index is 2.27.